The molecule has 1 aliphatic heterocycles. The van der Waals surface area contributed by atoms with Crippen molar-refractivity contribution in [3.05, 3.63) is 49.2 Å². The number of nitrogen functional groups attached to an aromatic ring is 1. The van der Waals surface area contributed by atoms with Crippen LogP contribution in [0.4, 0.5) is 5.69 Å². The number of thiophene rings is 1. The first-order valence-electron chi connectivity index (χ1n) is 5.54. The van der Waals surface area contributed by atoms with Gasteiger partial charge < -0.3 is 10.6 Å². The van der Waals surface area contributed by atoms with Crippen LogP contribution in [-0.4, -0.2) is 10.8 Å². The lowest BCUT2D eigenvalue weighted by Crippen LogP contribution is -2.24. The van der Waals surface area contributed by atoms with Crippen LogP contribution in [0.25, 0.3) is 0 Å². The maximum atomic E-state index is 12.3. The summed E-state index contributed by atoms with van der Waals surface area (Å²) in [6, 6.07) is 7.79. The molecule has 92 valence electrons. The van der Waals surface area contributed by atoms with E-state index in [4.69, 9.17) is 5.73 Å². The number of nitrogens with zero attached hydrogens (tertiary/aromatic N) is 1. The van der Waals surface area contributed by atoms with E-state index in [-0.39, 0.29) is 5.91 Å². The number of halogens is 1. The molecular formula is C13H11IN2OS. The van der Waals surface area contributed by atoms with E-state index < -0.39 is 0 Å². The van der Waals surface area contributed by atoms with Gasteiger partial charge in [0.15, 0.2) is 0 Å². The number of hydrogen-bond acceptors (Lipinski definition) is 3. The van der Waals surface area contributed by atoms with Crippen LogP contribution in [0.5, 0.6) is 0 Å². The van der Waals surface area contributed by atoms with Gasteiger partial charge in [-0.1, -0.05) is 6.07 Å². The Balaban J connectivity index is 1.83. The van der Waals surface area contributed by atoms with Crippen molar-refractivity contribution < 1.29 is 4.79 Å². The SMILES string of the molecule is Nc1ccc2c(c1)CN(C(=O)c1csc(I)c1)C2. The normalized spacial score (nSPS) is 13.7. The first kappa shape index (κ1) is 12.0. The predicted octanol–water partition coefficient (Wildman–Crippen LogP) is 3.09. The van der Waals surface area contributed by atoms with Gasteiger partial charge >= 0.3 is 0 Å². The minimum atomic E-state index is 0.101. The van der Waals surface area contributed by atoms with Gasteiger partial charge in [0, 0.05) is 24.2 Å². The molecular weight excluding hydrogens is 359 g/mol. The summed E-state index contributed by atoms with van der Waals surface area (Å²) in [5.74, 6) is 0.101. The zero-order valence-electron chi connectivity index (χ0n) is 9.52. The third kappa shape index (κ3) is 2.12. The van der Waals surface area contributed by atoms with E-state index in [0.29, 0.717) is 13.1 Å². The predicted molar refractivity (Wildman–Crippen MR) is 81.5 cm³/mol. The minimum absolute atomic E-state index is 0.101. The van der Waals surface area contributed by atoms with E-state index >= 15 is 0 Å². The van der Waals surface area contributed by atoms with Crippen molar-refractivity contribution >= 4 is 45.5 Å². The van der Waals surface area contributed by atoms with Gasteiger partial charge in [-0.2, -0.15) is 0 Å². The monoisotopic (exact) mass is 370 g/mol. The highest BCUT2D eigenvalue weighted by Gasteiger charge is 2.24. The van der Waals surface area contributed by atoms with Gasteiger partial charge in [0.1, 0.15) is 0 Å². The highest BCUT2D eigenvalue weighted by atomic mass is 127. The molecule has 0 bridgehead atoms. The number of fused-ring (bicyclic) bond motifs is 1. The number of rotatable bonds is 1. The van der Waals surface area contributed by atoms with Crippen molar-refractivity contribution in [1.82, 2.24) is 4.90 Å². The first-order valence-corrected chi connectivity index (χ1v) is 7.50. The Morgan fingerprint density at radius 3 is 2.78 bits per heavy atom. The van der Waals surface area contributed by atoms with Crippen molar-refractivity contribution in [2.45, 2.75) is 13.1 Å². The van der Waals surface area contributed by atoms with Gasteiger partial charge in [-0.25, -0.2) is 0 Å². The Morgan fingerprint density at radius 1 is 1.28 bits per heavy atom. The van der Waals surface area contributed by atoms with Gasteiger partial charge in [0.25, 0.3) is 5.91 Å². The number of carbonyl (C=O) groups excluding carboxylic acids is 1. The van der Waals surface area contributed by atoms with Gasteiger partial charge in [-0.05, 0) is 51.9 Å². The van der Waals surface area contributed by atoms with Crippen molar-refractivity contribution in [3.63, 3.8) is 0 Å². The Kier molecular flexibility index (Phi) is 3.03. The van der Waals surface area contributed by atoms with E-state index in [1.807, 2.05) is 34.5 Å². The average Bonchev–Trinajstić information content (AvgIpc) is 2.93. The van der Waals surface area contributed by atoms with Crippen molar-refractivity contribution in [2.75, 3.05) is 5.73 Å². The topological polar surface area (TPSA) is 46.3 Å². The van der Waals surface area contributed by atoms with E-state index in [1.165, 1.54) is 5.56 Å². The molecule has 2 aromatic rings. The van der Waals surface area contributed by atoms with Crippen LogP contribution in [0.1, 0.15) is 21.5 Å². The van der Waals surface area contributed by atoms with Crippen LogP contribution in [0.3, 0.4) is 0 Å². The second-order valence-corrected chi connectivity index (χ2v) is 7.13. The number of anilines is 1. The fraction of sp³-hybridized carbons (Fsp3) is 0.154. The van der Waals surface area contributed by atoms with Crippen molar-refractivity contribution in [3.8, 4) is 0 Å². The molecule has 0 aliphatic carbocycles. The Morgan fingerprint density at radius 2 is 2.06 bits per heavy atom. The fourth-order valence-electron chi connectivity index (χ4n) is 2.16. The summed E-state index contributed by atoms with van der Waals surface area (Å²) in [4.78, 5) is 14.2. The standard InChI is InChI=1S/C13H11IN2OS/c14-12-4-10(7-18-12)13(17)16-5-8-1-2-11(15)3-9(8)6-16/h1-4,7H,5-6,15H2. The third-order valence-electron chi connectivity index (χ3n) is 3.05. The third-order valence-corrected chi connectivity index (χ3v) is 4.84. The summed E-state index contributed by atoms with van der Waals surface area (Å²) in [6.07, 6.45) is 0. The summed E-state index contributed by atoms with van der Waals surface area (Å²) in [6.45, 7) is 1.34. The molecule has 1 amide bonds. The number of benzene rings is 1. The first-order chi connectivity index (χ1) is 8.63. The van der Waals surface area contributed by atoms with E-state index in [2.05, 4.69) is 22.6 Å². The molecule has 0 atom stereocenters. The van der Waals surface area contributed by atoms with Gasteiger partial charge in [0.2, 0.25) is 0 Å². The molecule has 1 aromatic carbocycles. The Labute approximate surface area is 123 Å². The molecule has 3 rings (SSSR count). The summed E-state index contributed by atoms with van der Waals surface area (Å²) in [5.41, 5.74) is 9.66. The average molecular weight is 370 g/mol. The number of nitrogens with two attached hydrogens (primary N) is 1. The molecule has 2 heterocycles. The Bertz CT molecular complexity index is 623. The molecule has 0 saturated carbocycles. The number of amides is 1. The lowest BCUT2D eigenvalue weighted by Gasteiger charge is -2.14. The van der Waals surface area contributed by atoms with Gasteiger partial charge in [-0.15, -0.1) is 11.3 Å². The molecule has 3 nitrogen and oxygen atoms in total. The van der Waals surface area contributed by atoms with Crippen LogP contribution >= 0.6 is 33.9 Å². The highest BCUT2D eigenvalue weighted by molar-refractivity contribution is 14.1. The minimum Gasteiger partial charge on any atom is -0.399 e. The molecule has 1 aromatic heterocycles. The highest BCUT2D eigenvalue weighted by Crippen LogP contribution is 2.27. The molecule has 0 fully saturated rings. The molecule has 5 heteroatoms. The van der Waals surface area contributed by atoms with Crippen LogP contribution in [-0.2, 0) is 13.1 Å². The van der Waals surface area contributed by atoms with E-state index in [0.717, 1.165) is 19.7 Å². The molecule has 1 aliphatic rings. The second kappa shape index (κ2) is 4.55. The van der Waals surface area contributed by atoms with Crippen LogP contribution in [0.15, 0.2) is 29.6 Å². The zero-order valence-corrected chi connectivity index (χ0v) is 12.5. The summed E-state index contributed by atoms with van der Waals surface area (Å²) in [5, 5.41) is 1.92. The molecule has 0 saturated heterocycles. The fourth-order valence-corrected chi connectivity index (χ4v) is 3.48. The zero-order chi connectivity index (χ0) is 12.7. The van der Waals surface area contributed by atoms with Crippen LogP contribution < -0.4 is 5.73 Å². The summed E-state index contributed by atoms with van der Waals surface area (Å²) >= 11 is 3.83. The lowest BCUT2D eigenvalue weighted by atomic mass is 10.1. The smallest absolute Gasteiger partial charge is 0.255 e. The summed E-state index contributed by atoms with van der Waals surface area (Å²) in [7, 11) is 0. The maximum absolute atomic E-state index is 12.3. The van der Waals surface area contributed by atoms with Crippen molar-refractivity contribution in [2.24, 2.45) is 0 Å². The van der Waals surface area contributed by atoms with Gasteiger partial charge in [0.05, 0.1) is 8.45 Å². The quantitative estimate of drug-likeness (QED) is 0.620. The van der Waals surface area contributed by atoms with E-state index in [1.54, 1.807) is 11.3 Å². The second-order valence-electron chi connectivity index (χ2n) is 4.33. The Hall–Kier alpha value is -1.08. The number of hydrogen-bond donors (Lipinski definition) is 1. The maximum Gasteiger partial charge on any atom is 0.255 e. The summed E-state index contributed by atoms with van der Waals surface area (Å²) < 4.78 is 1.14. The van der Waals surface area contributed by atoms with Gasteiger partial charge in [-0.3, -0.25) is 4.79 Å². The number of carbonyl (C=O) groups is 1. The molecule has 2 N–H and O–H groups in total. The molecule has 0 radical (unpaired) electrons. The van der Waals surface area contributed by atoms with Crippen molar-refractivity contribution in [1.29, 1.82) is 0 Å². The molecule has 18 heavy (non-hydrogen) atoms. The molecule has 0 spiro atoms. The van der Waals surface area contributed by atoms with E-state index in [9.17, 15) is 4.79 Å². The largest absolute Gasteiger partial charge is 0.399 e. The van der Waals surface area contributed by atoms with Crippen LogP contribution in [0.2, 0.25) is 0 Å². The molecule has 0 unspecified atom stereocenters. The lowest BCUT2D eigenvalue weighted by molar-refractivity contribution is 0.0752. The van der Waals surface area contributed by atoms with Crippen LogP contribution in [0, 0.1) is 2.88 Å².